The molecule has 0 saturated carbocycles. The van der Waals surface area contributed by atoms with E-state index in [0.717, 1.165) is 30.3 Å². The minimum absolute atomic E-state index is 0.322. The highest BCUT2D eigenvalue weighted by molar-refractivity contribution is 7.13. The Kier molecular flexibility index (Phi) is 4.16. The number of hydrogen-bond donors (Lipinski definition) is 1. The summed E-state index contributed by atoms with van der Waals surface area (Å²) in [5, 5.41) is 6.74. The SMILES string of the molecule is CCN(Cc1cnn(CC)c1)c1nc(C(N)=O)cs1. The lowest BCUT2D eigenvalue weighted by atomic mass is 10.3. The Hall–Kier alpha value is -1.89. The number of thiazole rings is 1. The van der Waals surface area contributed by atoms with Gasteiger partial charge in [-0.25, -0.2) is 4.98 Å². The van der Waals surface area contributed by atoms with Crippen molar-refractivity contribution < 1.29 is 4.79 Å². The van der Waals surface area contributed by atoms with Gasteiger partial charge in [0.15, 0.2) is 5.13 Å². The molecule has 19 heavy (non-hydrogen) atoms. The number of hydrogen-bond acceptors (Lipinski definition) is 5. The average Bonchev–Trinajstić information content (AvgIpc) is 3.04. The second kappa shape index (κ2) is 5.83. The highest BCUT2D eigenvalue weighted by Crippen LogP contribution is 2.22. The van der Waals surface area contributed by atoms with Crippen LogP contribution in [0.2, 0.25) is 0 Å². The number of nitrogens with two attached hydrogens (primary N) is 1. The molecular weight excluding hydrogens is 262 g/mol. The van der Waals surface area contributed by atoms with E-state index >= 15 is 0 Å². The summed E-state index contributed by atoms with van der Waals surface area (Å²) >= 11 is 1.43. The third-order valence-corrected chi connectivity index (χ3v) is 3.68. The molecule has 0 unspecified atom stereocenters. The van der Waals surface area contributed by atoms with Gasteiger partial charge in [-0.2, -0.15) is 5.10 Å². The molecule has 2 aromatic heterocycles. The summed E-state index contributed by atoms with van der Waals surface area (Å²) in [5.74, 6) is -0.489. The lowest BCUT2D eigenvalue weighted by Gasteiger charge is -2.18. The van der Waals surface area contributed by atoms with E-state index < -0.39 is 5.91 Å². The Morgan fingerprint density at radius 2 is 2.32 bits per heavy atom. The first kappa shape index (κ1) is 13.5. The van der Waals surface area contributed by atoms with E-state index in [4.69, 9.17) is 5.73 Å². The highest BCUT2D eigenvalue weighted by atomic mass is 32.1. The fourth-order valence-corrected chi connectivity index (χ4v) is 2.60. The number of rotatable bonds is 6. The van der Waals surface area contributed by atoms with Crippen molar-refractivity contribution in [2.24, 2.45) is 5.73 Å². The molecule has 6 nitrogen and oxygen atoms in total. The van der Waals surface area contributed by atoms with E-state index in [0.29, 0.717) is 5.69 Å². The van der Waals surface area contributed by atoms with Crippen molar-refractivity contribution in [2.75, 3.05) is 11.4 Å². The summed E-state index contributed by atoms with van der Waals surface area (Å²) < 4.78 is 1.89. The van der Waals surface area contributed by atoms with Crippen molar-refractivity contribution in [3.63, 3.8) is 0 Å². The Morgan fingerprint density at radius 3 is 2.84 bits per heavy atom. The molecule has 0 saturated heterocycles. The van der Waals surface area contributed by atoms with Crippen molar-refractivity contribution in [3.05, 3.63) is 29.0 Å². The van der Waals surface area contributed by atoms with Gasteiger partial charge in [0.05, 0.1) is 6.20 Å². The van der Waals surface area contributed by atoms with Gasteiger partial charge in [-0.05, 0) is 13.8 Å². The Morgan fingerprint density at radius 1 is 1.53 bits per heavy atom. The number of aryl methyl sites for hydroxylation is 1. The second-order valence-electron chi connectivity index (χ2n) is 4.10. The summed E-state index contributed by atoms with van der Waals surface area (Å²) in [6, 6.07) is 0. The molecule has 2 heterocycles. The van der Waals surface area contributed by atoms with Crippen molar-refractivity contribution in [1.82, 2.24) is 14.8 Å². The zero-order chi connectivity index (χ0) is 13.8. The summed E-state index contributed by atoms with van der Waals surface area (Å²) in [6.07, 6.45) is 3.88. The maximum atomic E-state index is 11.1. The van der Waals surface area contributed by atoms with Crippen molar-refractivity contribution in [3.8, 4) is 0 Å². The second-order valence-corrected chi connectivity index (χ2v) is 4.93. The number of nitrogens with zero attached hydrogens (tertiary/aromatic N) is 4. The number of aromatic nitrogens is 3. The van der Waals surface area contributed by atoms with Crippen LogP contribution in [0.4, 0.5) is 5.13 Å². The predicted octanol–water partition coefficient (Wildman–Crippen LogP) is 1.48. The van der Waals surface area contributed by atoms with Crippen molar-refractivity contribution >= 4 is 22.4 Å². The smallest absolute Gasteiger partial charge is 0.268 e. The summed E-state index contributed by atoms with van der Waals surface area (Å²) in [6.45, 7) is 6.49. The van der Waals surface area contributed by atoms with Crippen LogP contribution in [0.5, 0.6) is 0 Å². The molecule has 1 amide bonds. The van der Waals surface area contributed by atoms with E-state index in [-0.39, 0.29) is 0 Å². The fourth-order valence-electron chi connectivity index (χ4n) is 1.72. The van der Waals surface area contributed by atoms with Gasteiger partial charge in [0.25, 0.3) is 5.91 Å². The summed E-state index contributed by atoms with van der Waals surface area (Å²) in [5.41, 5.74) is 6.66. The van der Waals surface area contributed by atoms with Crippen LogP contribution in [0.3, 0.4) is 0 Å². The van der Waals surface area contributed by atoms with Crippen LogP contribution >= 0.6 is 11.3 Å². The van der Waals surface area contributed by atoms with E-state index in [1.165, 1.54) is 11.3 Å². The maximum Gasteiger partial charge on any atom is 0.268 e. The number of primary amides is 1. The zero-order valence-corrected chi connectivity index (χ0v) is 11.9. The standard InChI is InChI=1S/C12H17N5OS/c1-3-16(6-9-5-14-17(4-2)7-9)12-15-10(8-19-12)11(13)18/h5,7-8H,3-4,6H2,1-2H3,(H2,13,18). The van der Waals surface area contributed by atoms with Crippen molar-refractivity contribution in [2.45, 2.75) is 26.9 Å². The lowest BCUT2D eigenvalue weighted by molar-refractivity contribution is 0.0996. The quantitative estimate of drug-likeness (QED) is 0.869. The van der Waals surface area contributed by atoms with Gasteiger partial charge in [-0.15, -0.1) is 11.3 Å². The molecule has 0 fully saturated rings. The topological polar surface area (TPSA) is 77.0 Å². The molecule has 0 radical (unpaired) electrons. The van der Waals surface area contributed by atoms with Gasteiger partial charge in [0.2, 0.25) is 0 Å². The van der Waals surface area contributed by atoms with Gasteiger partial charge in [-0.3, -0.25) is 9.48 Å². The van der Waals surface area contributed by atoms with Gasteiger partial charge in [0.1, 0.15) is 5.69 Å². The molecule has 2 aromatic rings. The van der Waals surface area contributed by atoms with Gasteiger partial charge in [-0.1, -0.05) is 0 Å². The van der Waals surface area contributed by atoms with E-state index in [2.05, 4.69) is 21.9 Å². The fraction of sp³-hybridized carbons (Fsp3) is 0.417. The number of amides is 1. The van der Waals surface area contributed by atoms with Gasteiger partial charge >= 0.3 is 0 Å². The minimum Gasteiger partial charge on any atom is -0.364 e. The molecule has 0 aliphatic rings. The first-order valence-electron chi connectivity index (χ1n) is 6.15. The Balaban J connectivity index is 2.12. The first-order chi connectivity index (χ1) is 9.13. The maximum absolute atomic E-state index is 11.1. The monoisotopic (exact) mass is 279 g/mol. The zero-order valence-electron chi connectivity index (χ0n) is 11.0. The molecular formula is C12H17N5OS. The largest absolute Gasteiger partial charge is 0.364 e. The lowest BCUT2D eigenvalue weighted by Crippen LogP contribution is -2.22. The molecule has 0 aromatic carbocycles. The molecule has 0 aliphatic carbocycles. The molecule has 2 rings (SSSR count). The summed E-state index contributed by atoms with van der Waals surface area (Å²) in [4.78, 5) is 17.4. The Bertz CT molecular complexity index is 562. The molecule has 102 valence electrons. The van der Waals surface area contributed by atoms with Crippen molar-refractivity contribution in [1.29, 1.82) is 0 Å². The third kappa shape index (κ3) is 3.11. The number of carbonyl (C=O) groups is 1. The van der Waals surface area contributed by atoms with E-state index in [9.17, 15) is 4.79 Å². The van der Waals surface area contributed by atoms with Crippen LogP contribution in [0.25, 0.3) is 0 Å². The van der Waals surface area contributed by atoms with Crippen LogP contribution in [0.15, 0.2) is 17.8 Å². The molecule has 0 spiro atoms. The molecule has 0 atom stereocenters. The molecule has 2 N–H and O–H groups in total. The van der Waals surface area contributed by atoms with Crippen LogP contribution in [0, 0.1) is 0 Å². The van der Waals surface area contributed by atoms with Gasteiger partial charge in [0, 0.05) is 36.8 Å². The highest BCUT2D eigenvalue weighted by Gasteiger charge is 2.13. The van der Waals surface area contributed by atoms with Crippen LogP contribution in [0.1, 0.15) is 29.9 Å². The number of carbonyl (C=O) groups excluding carboxylic acids is 1. The Labute approximate surface area is 115 Å². The van der Waals surface area contributed by atoms with Crippen LogP contribution in [-0.4, -0.2) is 27.2 Å². The van der Waals surface area contributed by atoms with Crippen LogP contribution < -0.4 is 10.6 Å². The van der Waals surface area contributed by atoms with Gasteiger partial charge < -0.3 is 10.6 Å². The first-order valence-corrected chi connectivity index (χ1v) is 7.03. The third-order valence-electron chi connectivity index (χ3n) is 2.78. The molecule has 0 bridgehead atoms. The van der Waals surface area contributed by atoms with Crippen LogP contribution in [-0.2, 0) is 13.1 Å². The average molecular weight is 279 g/mol. The minimum atomic E-state index is -0.489. The molecule has 0 aliphatic heterocycles. The summed E-state index contributed by atoms with van der Waals surface area (Å²) in [7, 11) is 0. The van der Waals surface area contributed by atoms with E-state index in [1.807, 2.05) is 24.0 Å². The molecule has 7 heteroatoms. The normalized spacial score (nSPS) is 10.6. The number of anilines is 1. The van der Waals surface area contributed by atoms with E-state index in [1.54, 1.807) is 5.38 Å². The predicted molar refractivity (Wildman–Crippen MR) is 75.3 cm³/mol.